The van der Waals surface area contributed by atoms with E-state index in [-0.39, 0.29) is 11.0 Å². The zero-order valence-electron chi connectivity index (χ0n) is 14.6. The first-order chi connectivity index (χ1) is 11.9. The molecule has 132 valence electrons. The molecule has 0 saturated heterocycles. The summed E-state index contributed by atoms with van der Waals surface area (Å²) in [4.78, 5) is 14.5. The van der Waals surface area contributed by atoms with Gasteiger partial charge in [-0.3, -0.25) is 10.1 Å². The molecule has 0 spiro atoms. The Hall–Kier alpha value is -1.92. The summed E-state index contributed by atoms with van der Waals surface area (Å²) >= 11 is 8.62. The summed E-state index contributed by atoms with van der Waals surface area (Å²) in [6, 6.07) is 13.3. The lowest BCUT2D eigenvalue weighted by Crippen LogP contribution is -2.34. The summed E-state index contributed by atoms with van der Waals surface area (Å²) in [6.07, 6.45) is 0. The smallest absolute Gasteiger partial charge is 0.257 e. The van der Waals surface area contributed by atoms with E-state index in [9.17, 15) is 4.79 Å². The van der Waals surface area contributed by atoms with Gasteiger partial charge in [0, 0.05) is 34.5 Å². The van der Waals surface area contributed by atoms with E-state index < -0.39 is 0 Å². The fraction of sp³-hybridized carbons (Fsp3) is 0.263. The zero-order chi connectivity index (χ0) is 18.4. The molecular weight excluding hydrogens is 398 g/mol. The van der Waals surface area contributed by atoms with Crippen molar-refractivity contribution in [3.05, 3.63) is 58.1 Å². The summed E-state index contributed by atoms with van der Waals surface area (Å²) in [6.45, 7) is 8.22. The molecule has 25 heavy (non-hydrogen) atoms. The van der Waals surface area contributed by atoms with Crippen molar-refractivity contribution >= 4 is 50.5 Å². The number of aryl methyl sites for hydroxylation is 1. The number of amides is 1. The fourth-order valence-electron chi connectivity index (χ4n) is 2.50. The largest absolute Gasteiger partial charge is 0.372 e. The summed E-state index contributed by atoms with van der Waals surface area (Å²) in [5.41, 5.74) is 3.69. The molecule has 0 aromatic heterocycles. The molecule has 4 nitrogen and oxygen atoms in total. The number of benzene rings is 2. The third kappa shape index (κ3) is 5.28. The number of rotatable bonds is 5. The maximum Gasteiger partial charge on any atom is 0.257 e. The molecule has 0 heterocycles. The van der Waals surface area contributed by atoms with E-state index in [0.717, 1.165) is 28.8 Å². The second kappa shape index (κ2) is 8.97. The molecule has 2 rings (SSSR count). The number of carbonyl (C=O) groups is 1. The Morgan fingerprint density at radius 3 is 2.32 bits per heavy atom. The van der Waals surface area contributed by atoms with Gasteiger partial charge in [-0.1, -0.05) is 15.9 Å². The van der Waals surface area contributed by atoms with E-state index in [1.54, 1.807) is 12.1 Å². The lowest BCUT2D eigenvalue weighted by atomic mass is 10.1. The Balaban J connectivity index is 2.02. The van der Waals surface area contributed by atoms with Crippen LogP contribution in [0.15, 0.2) is 46.9 Å². The van der Waals surface area contributed by atoms with Gasteiger partial charge in [-0.15, -0.1) is 0 Å². The Bertz CT molecular complexity index is 758. The highest BCUT2D eigenvalue weighted by Gasteiger charge is 2.10. The molecule has 0 fully saturated rings. The minimum Gasteiger partial charge on any atom is -0.372 e. The number of halogens is 1. The number of carbonyl (C=O) groups excluding carboxylic acids is 1. The van der Waals surface area contributed by atoms with Gasteiger partial charge in [-0.2, -0.15) is 0 Å². The second-order valence-electron chi connectivity index (χ2n) is 5.59. The third-order valence-electron chi connectivity index (χ3n) is 3.92. The molecule has 2 N–H and O–H groups in total. The van der Waals surface area contributed by atoms with Crippen molar-refractivity contribution < 1.29 is 4.79 Å². The van der Waals surface area contributed by atoms with E-state index in [1.165, 1.54) is 5.69 Å². The van der Waals surface area contributed by atoms with Gasteiger partial charge in [0.15, 0.2) is 5.11 Å². The van der Waals surface area contributed by atoms with Gasteiger partial charge in [-0.05, 0) is 81.0 Å². The normalized spacial score (nSPS) is 10.2. The Morgan fingerprint density at radius 2 is 1.76 bits per heavy atom. The minimum absolute atomic E-state index is 0.234. The lowest BCUT2D eigenvalue weighted by molar-refractivity contribution is 0.0977. The van der Waals surface area contributed by atoms with Gasteiger partial charge in [0.2, 0.25) is 0 Å². The monoisotopic (exact) mass is 419 g/mol. The van der Waals surface area contributed by atoms with Crippen LogP contribution < -0.4 is 15.5 Å². The number of anilines is 2. The van der Waals surface area contributed by atoms with Crippen molar-refractivity contribution in [2.75, 3.05) is 23.3 Å². The molecule has 2 aromatic rings. The maximum atomic E-state index is 12.2. The standard InChI is InChI=1S/C19H22BrN3OS/c1-4-23(5-2)16-10-11-17(13(3)12-16)21-19(25)22-18(24)14-6-8-15(20)9-7-14/h6-12H,4-5H2,1-3H3,(H2,21,22,24,25). The molecular formula is C19H22BrN3OS. The van der Waals surface area contributed by atoms with Crippen LogP contribution in [0.4, 0.5) is 11.4 Å². The van der Waals surface area contributed by atoms with E-state index >= 15 is 0 Å². The molecule has 0 atom stereocenters. The van der Waals surface area contributed by atoms with Gasteiger partial charge in [0.1, 0.15) is 0 Å². The Kier molecular flexibility index (Phi) is 6.96. The first-order valence-corrected chi connectivity index (χ1v) is 9.38. The quantitative estimate of drug-likeness (QED) is 0.687. The summed E-state index contributed by atoms with van der Waals surface area (Å²) in [5, 5.41) is 6.09. The Labute approximate surface area is 162 Å². The molecule has 0 bridgehead atoms. The van der Waals surface area contributed by atoms with Crippen LogP contribution in [0.3, 0.4) is 0 Å². The summed E-state index contributed by atoms with van der Waals surface area (Å²) in [7, 11) is 0. The van der Waals surface area contributed by atoms with Crippen molar-refractivity contribution in [1.29, 1.82) is 0 Å². The fourth-order valence-corrected chi connectivity index (χ4v) is 2.97. The highest BCUT2D eigenvalue weighted by Crippen LogP contribution is 2.22. The van der Waals surface area contributed by atoms with Crippen molar-refractivity contribution in [2.45, 2.75) is 20.8 Å². The molecule has 2 aromatic carbocycles. The topological polar surface area (TPSA) is 44.4 Å². The minimum atomic E-state index is -0.234. The highest BCUT2D eigenvalue weighted by molar-refractivity contribution is 9.10. The SMILES string of the molecule is CCN(CC)c1ccc(NC(=S)NC(=O)c2ccc(Br)cc2)c(C)c1. The molecule has 0 unspecified atom stereocenters. The van der Waals surface area contributed by atoms with Crippen LogP contribution in [0.1, 0.15) is 29.8 Å². The average Bonchev–Trinajstić information content (AvgIpc) is 2.58. The van der Waals surface area contributed by atoms with Crippen LogP contribution in [0, 0.1) is 6.92 Å². The first-order valence-electron chi connectivity index (χ1n) is 8.18. The maximum absolute atomic E-state index is 12.2. The van der Waals surface area contributed by atoms with Gasteiger partial charge >= 0.3 is 0 Å². The van der Waals surface area contributed by atoms with E-state index in [2.05, 4.69) is 57.4 Å². The molecule has 0 aliphatic carbocycles. The number of nitrogens with one attached hydrogen (secondary N) is 2. The van der Waals surface area contributed by atoms with Crippen LogP contribution in [-0.2, 0) is 0 Å². The van der Waals surface area contributed by atoms with Crippen LogP contribution in [0.25, 0.3) is 0 Å². The van der Waals surface area contributed by atoms with Crippen molar-refractivity contribution in [3.8, 4) is 0 Å². The molecule has 1 amide bonds. The summed E-state index contributed by atoms with van der Waals surface area (Å²) in [5.74, 6) is -0.234. The van der Waals surface area contributed by atoms with Gasteiger partial charge in [0.05, 0.1) is 0 Å². The predicted molar refractivity (Wildman–Crippen MR) is 113 cm³/mol. The van der Waals surface area contributed by atoms with Crippen LogP contribution in [0.2, 0.25) is 0 Å². The van der Waals surface area contributed by atoms with Gasteiger partial charge in [-0.25, -0.2) is 0 Å². The number of hydrogen-bond acceptors (Lipinski definition) is 3. The van der Waals surface area contributed by atoms with E-state index in [0.29, 0.717) is 5.56 Å². The number of hydrogen-bond donors (Lipinski definition) is 2. The van der Waals surface area contributed by atoms with Crippen LogP contribution in [0.5, 0.6) is 0 Å². The Morgan fingerprint density at radius 1 is 1.12 bits per heavy atom. The van der Waals surface area contributed by atoms with Crippen LogP contribution in [-0.4, -0.2) is 24.1 Å². The molecule has 0 saturated carbocycles. The molecule has 0 aliphatic heterocycles. The lowest BCUT2D eigenvalue weighted by Gasteiger charge is -2.22. The van der Waals surface area contributed by atoms with Gasteiger partial charge < -0.3 is 10.2 Å². The second-order valence-corrected chi connectivity index (χ2v) is 6.91. The van der Waals surface area contributed by atoms with Crippen molar-refractivity contribution in [3.63, 3.8) is 0 Å². The van der Waals surface area contributed by atoms with E-state index in [1.807, 2.05) is 25.1 Å². The number of thiocarbonyl (C=S) groups is 1. The van der Waals surface area contributed by atoms with Crippen molar-refractivity contribution in [1.82, 2.24) is 5.32 Å². The van der Waals surface area contributed by atoms with Crippen molar-refractivity contribution in [2.24, 2.45) is 0 Å². The molecule has 0 aliphatic rings. The first kappa shape index (κ1) is 19.4. The number of nitrogens with zero attached hydrogens (tertiary/aromatic N) is 1. The predicted octanol–water partition coefficient (Wildman–Crippen LogP) is 4.73. The highest BCUT2D eigenvalue weighted by atomic mass is 79.9. The summed E-state index contributed by atoms with van der Waals surface area (Å²) < 4.78 is 0.925. The van der Waals surface area contributed by atoms with E-state index in [4.69, 9.17) is 12.2 Å². The third-order valence-corrected chi connectivity index (χ3v) is 4.65. The van der Waals surface area contributed by atoms with Crippen LogP contribution >= 0.6 is 28.1 Å². The molecule has 0 radical (unpaired) electrons. The molecule has 6 heteroatoms. The van der Waals surface area contributed by atoms with Gasteiger partial charge in [0.25, 0.3) is 5.91 Å². The average molecular weight is 420 g/mol. The zero-order valence-corrected chi connectivity index (χ0v) is 17.0.